The number of aryl methyl sites for hydroxylation is 2. The maximum absolute atomic E-state index is 13.0. The number of carbonyl (C=O) groups excluding carboxylic acids is 2. The number of fused-ring (bicyclic) bond motifs is 1. The normalized spacial score (nSPS) is 21.8. The summed E-state index contributed by atoms with van der Waals surface area (Å²) >= 11 is 0. The smallest absolute Gasteiger partial charge is 0.243 e. The van der Waals surface area contributed by atoms with Crippen molar-refractivity contribution in [2.75, 3.05) is 32.7 Å². The summed E-state index contributed by atoms with van der Waals surface area (Å²) in [6, 6.07) is 5.47. The molecule has 2 aliphatic heterocycles. The van der Waals surface area contributed by atoms with Crippen LogP contribution >= 0.6 is 0 Å². The molecule has 2 heterocycles. The number of amides is 2. The molecule has 0 spiro atoms. The maximum Gasteiger partial charge on any atom is 0.243 e. The van der Waals surface area contributed by atoms with Crippen LogP contribution < -0.4 is 5.32 Å². The molecule has 8 heteroatoms. The van der Waals surface area contributed by atoms with E-state index in [2.05, 4.69) is 5.32 Å². The van der Waals surface area contributed by atoms with Crippen molar-refractivity contribution in [3.63, 3.8) is 0 Å². The average molecular weight is 391 g/mol. The lowest BCUT2D eigenvalue weighted by Gasteiger charge is -2.34. The Balaban J connectivity index is 1.41. The fourth-order valence-electron chi connectivity index (χ4n) is 4.29. The molecule has 0 radical (unpaired) electrons. The summed E-state index contributed by atoms with van der Waals surface area (Å²) in [6.45, 7) is 1.80. The predicted molar refractivity (Wildman–Crippen MR) is 99.5 cm³/mol. The summed E-state index contributed by atoms with van der Waals surface area (Å²) in [4.78, 5) is 26.1. The molecule has 3 aliphatic rings. The van der Waals surface area contributed by atoms with Crippen molar-refractivity contribution in [1.82, 2.24) is 14.5 Å². The molecule has 146 valence electrons. The van der Waals surface area contributed by atoms with Crippen LogP contribution in [0.2, 0.25) is 0 Å². The summed E-state index contributed by atoms with van der Waals surface area (Å²) < 4.78 is 27.5. The van der Waals surface area contributed by atoms with E-state index in [1.54, 1.807) is 11.0 Å². The standard InChI is InChI=1S/C19H25N3O4S/c23-18-13-21(11-8-20-18)19(24)15-6-9-22(10-7-15)27(25,26)17-5-4-14-2-1-3-16(14)12-17/h4-5,12,15H,1-3,6-11,13H2,(H,20,23). The van der Waals surface area contributed by atoms with E-state index < -0.39 is 10.0 Å². The fraction of sp³-hybridized carbons (Fsp3) is 0.579. The Labute approximate surface area is 159 Å². The second-order valence-corrected chi connectivity index (χ2v) is 9.51. The van der Waals surface area contributed by atoms with Gasteiger partial charge in [-0.2, -0.15) is 4.31 Å². The Hall–Kier alpha value is -1.93. The maximum atomic E-state index is 13.0. The highest BCUT2D eigenvalue weighted by Crippen LogP contribution is 2.29. The topological polar surface area (TPSA) is 86.8 Å². The van der Waals surface area contributed by atoms with Crippen molar-refractivity contribution in [2.24, 2.45) is 5.92 Å². The monoisotopic (exact) mass is 391 g/mol. The van der Waals surface area contributed by atoms with Crippen molar-refractivity contribution in [1.29, 1.82) is 0 Å². The number of benzene rings is 1. The molecule has 2 fully saturated rings. The number of nitrogens with zero attached hydrogens (tertiary/aromatic N) is 2. The van der Waals surface area contributed by atoms with Gasteiger partial charge in [0.1, 0.15) is 0 Å². The Kier molecular flexibility index (Phi) is 4.94. The summed E-state index contributed by atoms with van der Waals surface area (Å²) in [7, 11) is -3.52. The van der Waals surface area contributed by atoms with Gasteiger partial charge >= 0.3 is 0 Å². The zero-order valence-electron chi connectivity index (χ0n) is 15.3. The van der Waals surface area contributed by atoms with Crippen LogP contribution in [0.15, 0.2) is 23.1 Å². The van der Waals surface area contributed by atoms with Crippen molar-refractivity contribution in [2.45, 2.75) is 37.0 Å². The van der Waals surface area contributed by atoms with Crippen LogP contribution in [0.4, 0.5) is 0 Å². The first-order valence-electron chi connectivity index (χ1n) is 9.62. The first-order valence-corrected chi connectivity index (χ1v) is 11.1. The lowest BCUT2D eigenvalue weighted by molar-refractivity contribution is -0.142. The van der Waals surface area contributed by atoms with Crippen molar-refractivity contribution in [3.05, 3.63) is 29.3 Å². The van der Waals surface area contributed by atoms with Crippen molar-refractivity contribution in [3.8, 4) is 0 Å². The molecule has 0 saturated carbocycles. The van der Waals surface area contributed by atoms with Crippen LogP contribution in [-0.4, -0.2) is 62.2 Å². The van der Waals surface area contributed by atoms with E-state index in [1.807, 2.05) is 12.1 Å². The summed E-state index contributed by atoms with van der Waals surface area (Å²) in [5, 5.41) is 2.71. The molecule has 0 bridgehead atoms. The number of hydrogen-bond acceptors (Lipinski definition) is 4. The third kappa shape index (κ3) is 3.60. The molecule has 1 N–H and O–H groups in total. The van der Waals surface area contributed by atoms with Gasteiger partial charge in [0.05, 0.1) is 11.4 Å². The van der Waals surface area contributed by atoms with Gasteiger partial charge in [0, 0.05) is 32.1 Å². The molecule has 2 saturated heterocycles. The Morgan fingerprint density at radius 1 is 1.07 bits per heavy atom. The molecule has 2 amide bonds. The molecule has 1 aliphatic carbocycles. The Morgan fingerprint density at radius 2 is 1.81 bits per heavy atom. The zero-order valence-corrected chi connectivity index (χ0v) is 16.1. The lowest BCUT2D eigenvalue weighted by Crippen LogP contribution is -2.53. The fourth-order valence-corrected chi connectivity index (χ4v) is 5.81. The van der Waals surface area contributed by atoms with Gasteiger partial charge in [-0.15, -0.1) is 0 Å². The Morgan fingerprint density at radius 3 is 2.56 bits per heavy atom. The minimum absolute atomic E-state index is 0.0283. The number of rotatable bonds is 3. The molecule has 0 unspecified atom stereocenters. The van der Waals surface area contributed by atoms with Gasteiger partial charge in [0.15, 0.2) is 0 Å². The third-order valence-corrected chi connectivity index (χ3v) is 7.76. The van der Waals surface area contributed by atoms with E-state index in [0.29, 0.717) is 43.9 Å². The van der Waals surface area contributed by atoms with E-state index in [1.165, 1.54) is 9.87 Å². The second-order valence-electron chi connectivity index (χ2n) is 7.57. The summed E-state index contributed by atoms with van der Waals surface area (Å²) in [5.74, 6) is -0.368. The van der Waals surface area contributed by atoms with Gasteiger partial charge in [-0.1, -0.05) is 6.07 Å². The van der Waals surface area contributed by atoms with E-state index in [-0.39, 0.29) is 24.3 Å². The molecule has 0 aromatic heterocycles. The minimum atomic E-state index is -3.52. The van der Waals surface area contributed by atoms with Gasteiger partial charge in [-0.25, -0.2) is 8.42 Å². The largest absolute Gasteiger partial charge is 0.353 e. The number of piperazine rings is 1. The highest BCUT2D eigenvalue weighted by Gasteiger charge is 2.35. The van der Waals surface area contributed by atoms with Crippen LogP contribution in [0.5, 0.6) is 0 Å². The molecule has 1 aromatic rings. The van der Waals surface area contributed by atoms with Crippen LogP contribution in [-0.2, 0) is 32.5 Å². The van der Waals surface area contributed by atoms with Gasteiger partial charge in [-0.05, 0) is 55.4 Å². The molecule has 27 heavy (non-hydrogen) atoms. The van der Waals surface area contributed by atoms with E-state index in [0.717, 1.165) is 24.8 Å². The predicted octanol–water partition coefficient (Wildman–Crippen LogP) is 0.534. The van der Waals surface area contributed by atoms with E-state index in [4.69, 9.17) is 0 Å². The van der Waals surface area contributed by atoms with Crippen LogP contribution in [0.25, 0.3) is 0 Å². The average Bonchev–Trinajstić information content (AvgIpc) is 3.15. The van der Waals surface area contributed by atoms with Gasteiger partial charge in [0.2, 0.25) is 21.8 Å². The highest BCUT2D eigenvalue weighted by atomic mass is 32.2. The zero-order chi connectivity index (χ0) is 19.0. The van der Waals surface area contributed by atoms with Crippen LogP contribution in [0.3, 0.4) is 0 Å². The molecule has 1 aromatic carbocycles. The molecular weight excluding hydrogens is 366 g/mol. The number of piperidine rings is 1. The molecule has 7 nitrogen and oxygen atoms in total. The lowest BCUT2D eigenvalue weighted by atomic mass is 9.96. The van der Waals surface area contributed by atoms with Crippen molar-refractivity contribution < 1.29 is 18.0 Å². The van der Waals surface area contributed by atoms with Crippen LogP contribution in [0, 0.1) is 5.92 Å². The first-order chi connectivity index (χ1) is 12.9. The number of sulfonamides is 1. The van der Waals surface area contributed by atoms with Crippen molar-refractivity contribution >= 4 is 21.8 Å². The number of hydrogen-bond donors (Lipinski definition) is 1. The summed E-state index contributed by atoms with van der Waals surface area (Å²) in [5.41, 5.74) is 2.40. The molecule has 0 atom stereocenters. The minimum Gasteiger partial charge on any atom is -0.353 e. The van der Waals surface area contributed by atoms with Gasteiger partial charge in [0.25, 0.3) is 0 Å². The second kappa shape index (κ2) is 7.24. The van der Waals surface area contributed by atoms with E-state index in [9.17, 15) is 18.0 Å². The Bertz CT molecular complexity index is 860. The molecular formula is C19H25N3O4S. The van der Waals surface area contributed by atoms with Gasteiger partial charge in [-0.3, -0.25) is 9.59 Å². The first kappa shape index (κ1) is 18.4. The van der Waals surface area contributed by atoms with Crippen LogP contribution in [0.1, 0.15) is 30.4 Å². The van der Waals surface area contributed by atoms with Gasteiger partial charge < -0.3 is 10.2 Å². The summed E-state index contributed by atoms with van der Waals surface area (Å²) in [6.07, 6.45) is 4.06. The number of nitrogens with one attached hydrogen (secondary N) is 1. The van der Waals surface area contributed by atoms with E-state index >= 15 is 0 Å². The number of carbonyl (C=O) groups is 2. The third-order valence-electron chi connectivity index (χ3n) is 5.86. The quantitative estimate of drug-likeness (QED) is 0.815. The SMILES string of the molecule is O=C1CN(C(=O)C2CCN(S(=O)(=O)c3ccc4c(c3)CCC4)CC2)CCN1. The highest BCUT2D eigenvalue weighted by molar-refractivity contribution is 7.89. The molecule has 4 rings (SSSR count).